The largest absolute Gasteiger partial charge is 0.255 e. The molecule has 4 heteroatoms. The van der Waals surface area contributed by atoms with Crippen molar-refractivity contribution in [2.45, 2.75) is 0 Å². The van der Waals surface area contributed by atoms with E-state index in [0.717, 1.165) is 22.4 Å². The van der Waals surface area contributed by atoms with Crippen molar-refractivity contribution in [3.8, 4) is 23.1 Å². The highest BCUT2D eigenvalue weighted by Gasteiger charge is 2.05. The maximum absolute atomic E-state index is 5.71. The van der Waals surface area contributed by atoms with Crippen molar-refractivity contribution in [2.75, 3.05) is 0 Å². The second-order valence-electron chi connectivity index (χ2n) is 4.26. The third-order valence-electron chi connectivity index (χ3n) is 2.82. The van der Waals surface area contributed by atoms with E-state index in [9.17, 15) is 0 Å². The molecule has 0 fully saturated rings. The van der Waals surface area contributed by atoms with Gasteiger partial charge in [-0.1, -0.05) is 30.0 Å². The Labute approximate surface area is 127 Å². The number of benzene rings is 1. The van der Waals surface area contributed by atoms with E-state index >= 15 is 0 Å². The van der Waals surface area contributed by atoms with E-state index in [1.165, 1.54) is 0 Å². The molecule has 100 valence electrons. The number of pyridine rings is 1. The molecular formula is C17H10ClN3. The molecule has 2 aromatic heterocycles. The van der Waals surface area contributed by atoms with E-state index < -0.39 is 0 Å². The van der Waals surface area contributed by atoms with Gasteiger partial charge in [0.15, 0.2) is 0 Å². The lowest BCUT2D eigenvalue weighted by Crippen LogP contribution is -1.91. The van der Waals surface area contributed by atoms with Crippen LogP contribution in [0.2, 0.25) is 5.28 Å². The van der Waals surface area contributed by atoms with Gasteiger partial charge in [0.1, 0.15) is 0 Å². The number of rotatable bonds is 1. The fourth-order valence-electron chi connectivity index (χ4n) is 1.83. The molecule has 0 aliphatic heterocycles. The van der Waals surface area contributed by atoms with Gasteiger partial charge in [-0.25, -0.2) is 9.97 Å². The molecule has 3 aromatic rings. The molecule has 3 nitrogen and oxygen atoms in total. The predicted molar refractivity (Wildman–Crippen MR) is 82.7 cm³/mol. The maximum atomic E-state index is 5.71. The fraction of sp³-hybridized carbons (Fsp3) is 0. The molecule has 21 heavy (non-hydrogen) atoms. The molecule has 0 saturated carbocycles. The van der Waals surface area contributed by atoms with Gasteiger partial charge in [-0.3, -0.25) is 4.98 Å². The first-order valence-corrected chi connectivity index (χ1v) is 6.71. The summed E-state index contributed by atoms with van der Waals surface area (Å²) in [5.41, 5.74) is 3.32. The molecule has 0 aliphatic rings. The van der Waals surface area contributed by atoms with E-state index in [1.54, 1.807) is 18.6 Å². The highest BCUT2D eigenvalue weighted by molar-refractivity contribution is 6.28. The lowest BCUT2D eigenvalue weighted by Gasteiger charge is -2.02. The molecule has 0 saturated heterocycles. The van der Waals surface area contributed by atoms with Gasteiger partial charge in [-0.15, -0.1) is 0 Å². The lowest BCUT2D eigenvalue weighted by molar-refractivity contribution is 1.16. The average Bonchev–Trinajstić information content (AvgIpc) is 2.55. The highest BCUT2D eigenvalue weighted by atomic mass is 35.5. The van der Waals surface area contributed by atoms with E-state index in [1.807, 2.05) is 42.5 Å². The molecular weight excluding hydrogens is 282 g/mol. The summed E-state index contributed by atoms with van der Waals surface area (Å²) in [5.74, 6) is 6.27. The van der Waals surface area contributed by atoms with Crippen LogP contribution in [-0.4, -0.2) is 15.0 Å². The first kappa shape index (κ1) is 13.3. The van der Waals surface area contributed by atoms with Crippen LogP contribution in [-0.2, 0) is 0 Å². The van der Waals surface area contributed by atoms with Crippen molar-refractivity contribution in [3.05, 3.63) is 77.5 Å². The minimum Gasteiger partial charge on any atom is -0.255 e. The highest BCUT2D eigenvalue weighted by Crippen LogP contribution is 2.19. The smallest absolute Gasteiger partial charge is 0.222 e. The first-order chi connectivity index (χ1) is 10.3. The standard InChI is InChI=1S/C17H10ClN3/c18-17-20-11-15(12-21-17)16-14(7-4-10-19-16)9-8-13-5-2-1-3-6-13/h1-7,10-12H. The van der Waals surface area contributed by atoms with Crippen LogP contribution in [0.5, 0.6) is 0 Å². The van der Waals surface area contributed by atoms with E-state index in [-0.39, 0.29) is 5.28 Å². The van der Waals surface area contributed by atoms with Crippen molar-refractivity contribution in [1.82, 2.24) is 15.0 Å². The fourth-order valence-corrected chi connectivity index (χ4v) is 1.93. The van der Waals surface area contributed by atoms with Crippen LogP contribution in [0.4, 0.5) is 0 Å². The topological polar surface area (TPSA) is 38.7 Å². The predicted octanol–water partition coefficient (Wildman–Crippen LogP) is 3.59. The van der Waals surface area contributed by atoms with Crippen molar-refractivity contribution in [3.63, 3.8) is 0 Å². The van der Waals surface area contributed by atoms with Gasteiger partial charge in [-0.05, 0) is 35.9 Å². The van der Waals surface area contributed by atoms with Gasteiger partial charge in [0, 0.05) is 29.7 Å². The quantitative estimate of drug-likeness (QED) is 0.508. The Morgan fingerprint density at radius 1 is 0.810 bits per heavy atom. The molecule has 3 rings (SSSR count). The number of hydrogen-bond donors (Lipinski definition) is 0. The van der Waals surface area contributed by atoms with E-state index in [2.05, 4.69) is 26.8 Å². The zero-order valence-corrected chi connectivity index (χ0v) is 11.7. The third kappa shape index (κ3) is 3.25. The Balaban J connectivity index is 2.01. The van der Waals surface area contributed by atoms with Gasteiger partial charge in [-0.2, -0.15) is 0 Å². The Morgan fingerprint density at radius 2 is 1.57 bits per heavy atom. The summed E-state index contributed by atoms with van der Waals surface area (Å²) < 4.78 is 0. The van der Waals surface area contributed by atoms with Crippen molar-refractivity contribution in [2.24, 2.45) is 0 Å². The van der Waals surface area contributed by atoms with Crippen molar-refractivity contribution < 1.29 is 0 Å². The normalized spacial score (nSPS) is 9.76. The van der Waals surface area contributed by atoms with Crippen LogP contribution < -0.4 is 0 Å². The second-order valence-corrected chi connectivity index (χ2v) is 4.59. The van der Waals surface area contributed by atoms with Crippen LogP contribution in [0, 0.1) is 11.8 Å². The molecule has 0 unspecified atom stereocenters. The Kier molecular flexibility index (Phi) is 3.90. The SMILES string of the molecule is Clc1ncc(-c2ncccc2C#Cc2ccccc2)cn1. The number of halogens is 1. The number of aromatic nitrogens is 3. The van der Waals surface area contributed by atoms with E-state index in [0.29, 0.717) is 0 Å². The van der Waals surface area contributed by atoms with Gasteiger partial charge >= 0.3 is 0 Å². The Bertz CT molecular complexity index is 803. The molecule has 0 amide bonds. The van der Waals surface area contributed by atoms with E-state index in [4.69, 9.17) is 11.6 Å². The average molecular weight is 292 g/mol. The molecule has 0 aliphatic carbocycles. The van der Waals surface area contributed by atoms with Crippen LogP contribution >= 0.6 is 11.6 Å². The van der Waals surface area contributed by atoms with Crippen molar-refractivity contribution >= 4 is 11.6 Å². The summed E-state index contributed by atoms with van der Waals surface area (Å²) in [5, 5.41) is 0.214. The molecule has 0 bridgehead atoms. The number of nitrogens with zero attached hydrogens (tertiary/aromatic N) is 3. The zero-order chi connectivity index (χ0) is 14.5. The molecule has 2 heterocycles. The Morgan fingerprint density at radius 3 is 2.33 bits per heavy atom. The maximum Gasteiger partial charge on any atom is 0.222 e. The van der Waals surface area contributed by atoms with Crippen LogP contribution in [0.3, 0.4) is 0 Å². The second kappa shape index (κ2) is 6.17. The summed E-state index contributed by atoms with van der Waals surface area (Å²) in [6.07, 6.45) is 5.01. The monoisotopic (exact) mass is 291 g/mol. The van der Waals surface area contributed by atoms with Gasteiger partial charge in [0.25, 0.3) is 0 Å². The van der Waals surface area contributed by atoms with Crippen molar-refractivity contribution in [1.29, 1.82) is 0 Å². The van der Waals surface area contributed by atoms with Gasteiger partial charge < -0.3 is 0 Å². The molecule has 0 spiro atoms. The summed E-state index contributed by atoms with van der Waals surface area (Å²) in [7, 11) is 0. The first-order valence-electron chi connectivity index (χ1n) is 6.33. The lowest BCUT2D eigenvalue weighted by atomic mass is 10.1. The molecule has 1 aromatic carbocycles. The van der Waals surface area contributed by atoms with Crippen LogP contribution in [0.25, 0.3) is 11.3 Å². The minimum absolute atomic E-state index is 0.214. The Hall–Kier alpha value is -2.70. The van der Waals surface area contributed by atoms with Gasteiger partial charge in [0.05, 0.1) is 11.3 Å². The summed E-state index contributed by atoms with van der Waals surface area (Å²) in [4.78, 5) is 12.3. The zero-order valence-electron chi connectivity index (χ0n) is 11.0. The van der Waals surface area contributed by atoms with Crippen LogP contribution in [0.1, 0.15) is 11.1 Å². The van der Waals surface area contributed by atoms with Gasteiger partial charge in [0.2, 0.25) is 5.28 Å². The molecule has 0 radical (unpaired) electrons. The minimum atomic E-state index is 0.214. The van der Waals surface area contributed by atoms with Crippen LogP contribution in [0.15, 0.2) is 61.1 Å². The summed E-state index contributed by atoms with van der Waals surface area (Å²) in [6, 6.07) is 13.6. The molecule has 0 atom stereocenters. The molecule has 0 N–H and O–H groups in total. The number of hydrogen-bond acceptors (Lipinski definition) is 3. The summed E-state index contributed by atoms with van der Waals surface area (Å²) >= 11 is 5.71. The third-order valence-corrected chi connectivity index (χ3v) is 3.01. The summed E-state index contributed by atoms with van der Waals surface area (Å²) in [6.45, 7) is 0.